The van der Waals surface area contributed by atoms with Crippen LogP contribution >= 0.6 is 94.0 Å². The van der Waals surface area contributed by atoms with Crippen LogP contribution in [0.25, 0.3) is 17.2 Å². The standard InChI is InChI=1S/C42H40Cl6N6O4S2/c1-57-33-17-7-6-15-31(33)51-22-24-53(39(51)59)37(41(43,44)45)50-35(56)21-19-28-12-8-13-29(26-28)30-14-9-16-32(36(30)58-2)52-23-25-54(40(52)60)38(42(46,47)48)49-34(55)20-18-27-10-4-3-5-11-27/h3-17,19,21,26,37-38H,18,20,22-25H2,1-2H3,(H,49,55)(H,50,56)/b21-19+. The van der Waals surface area contributed by atoms with Crippen LogP contribution < -0.4 is 29.9 Å². The molecular weight excluding hydrogens is 929 g/mol. The topological polar surface area (TPSA) is 89.6 Å². The molecule has 0 aliphatic carbocycles. The maximum Gasteiger partial charge on any atom is 0.245 e. The highest BCUT2D eigenvalue weighted by Crippen LogP contribution is 2.42. The molecule has 2 N–H and O–H groups in total. The van der Waals surface area contributed by atoms with Gasteiger partial charge in [0.15, 0.2) is 22.6 Å². The Labute approximate surface area is 390 Å². The molecule has 2 amide bonds. The molecule has 6 rings (SSSR count). The molecule has 0 spiro atoms. The number of rotatable bonds is 14. The number of aryl methyl sites for hydroxylation is 1. The maximum absolute atomic E-state index is 13.4. The van der Waals surface area contributed by atoms with Crippen molar-refractivity contribution >= 4 is 134 Å². The number of para-hydroxylation sites is 3. The van der Waals surface area contributed by atoms with Gasteiger partial charge in [-0.05, 0) is 77.9 Å². The van der Waals surface area contributed by atoms with Gasteiger partial charge in [0.2, 0.25) is 19.4 Å². The Balaban J connectivity index is 1.15. The minimum Gasteiger partial charge on any atom is -0.495 e. The minimum atomic E-state index is -1.92. The van der Waals surface area contributed by atoms with Crippen molar-refractivity contribution in [1.82, 2.24) is 20.4 Å². The Hall–Kier alpha value is -3.72. The van der Waals surface area contributed by atoms with Crippen LogP contribution in [0.15, 0.2) is 103 Å². The van der Waals surface area contributed by atoms with Gasteiger partial charge >= 0.3 is 0 Å². The Morgan fingerprint density at radius 2 is 1.30 bits per heavy atom. The van der Waals surface area contributed by atoms with E-state index in [9.17, 15) is 9.59 Å². The molecule has 2 atom stereocenters. The van der Waals surface area contributed by atoms with E-state index in [-0.39, 0.29) is 12.3 Å². The van der Waals surface area contributed by atoms with E-state index in [1.807, 2.05) is 107 Å². The summed E-state index contributed by atoms with van der Waals surface area (Å²) in [4.78, 5) is 33.6. The molecule has 0 radical (unpaired) electrons. The van der Waals surface area contributed by atoms with Crippen molar-refractivity contribution in [3.63, 3.8) is 0 Å². The molecule has 0 bridgehead atoms. The molecule has 60 heavy (non-hydrogen) atoms. The van der Waals surface area contributed by atoms with E-state index in [4.69, 9.17) is 104 Å². The monoisotopic (exact) mass is 966 g/mol. The van der Waals surface area contributed by atoms with Crippen molar-refractivity contribution in [2.75, 3.05) is 50.2 Å². The van der Waals surface area contributed by atoms with Crippen LogP contribution in [0.4, 0.5) is 11.4 Å². The summed E-state index contributed by atoms with van der Waals surface area (Å²) in [6, 6.07) is 30.4. The van der Waals surface area contributed by atoms with Crippen LogP contribution in [0, 0.1) is 0 Å². The summed E-state index contributed by atoms with van der Waals surface area (Å²) in [6.45, 7) is 1.69. The molecule has 2 saturated heterocycles. The lowest BCUT2D eigenvalue weighted by Crippen LogP contribution is -2.56. The molecule has 4 aromatic carbocycles. The van der Waals surface area contributed by atoms with Crippen molar-refractivity contribution in [2.24, 2.45) is 0 Å². The van der Waals surface area contributed by atoms with Gasteiger partial charge < -0.3 is 39.7 Å². The van der Waals surface area contributed by atoms with Gasteiger partial charge in [0.25, 0.3) is 0 Å². The molecular formula is C42H40Cl6N6O4S2. The van der Waals surface area contributed by atoms with Gasteiger partial charge in [0.05, 0.1) is 25.6 Å². The SMILES string of the molecule is COc1ccccc1N1CCN(C(NC(=O)/C=C/c2cccc(-c3cccc(N4CCN(C(NC(=O)CCc5ccccc5)C(Cl)(Cl)Cl)C4=S)c3OC)c2)C(Cl)(Cl)Cl)C1=S. The Bertz CT molecular complexity index is 2240. The van der Waals surface area contributed by atoms with Crippen LogP contribution in [0.3, 0.4) is 0 Å². The fourth-order valence-electron chi connectivity index (χ4n) is 7.03. The number of hydrogen-bond acceptors (Lipinski definition) is 6. The van der Waals surface area contributed by atoms with Gasteiger partial charge in [0, 0.05) is 44.2 Å². The average Bonchev–Trinajstić information content (AvgIpc) is 3.80. The summed E-state index contributed by atoms with van der Waals surface area (Å²) in [7, 11) is 3.16. The highest BCUT2D eigenvalue weighted by Gasteiger charge is 2.45. The molecule has 316 valence electrons. The van der Waals surface area contributed by atoms with Gasteiger partial charge in [-0.1, -0.05) is 142 Å². The second-order valence-corrected chi connectivity index (χ2v) is 19.2. The van der Waals surface area contributed by atoms with E-state index in [1.165, 1.54) is 6.08 Å². The Morgan fingerprint density at radius 1 is 0.717 bits per heavy atom. The number of methoxy groups -OCH3 is 2. The van der Waals surface area contributed by atoms with E-state index in [2.05, 4.69) is 10.6 Å². The van der Waals surface area contributed by atoms with Crippen LogP contribution in [-0.2, 0) is 16.0 Å². The lowest BCUT2D eigenvalue weighted by molar-refractivity contribution is -0.122. The first-order valence-electron chi connectivity index (χ1n) is 18.6. The van der Waals surface area contributed by atoms with Gasteiger partial charge in [-0.15, -0.1) is 0 Å². The van der Waals surface area contributed by atoms with Crippen LogP contribution in [0.5, 0.6) is 11.5 Å². The third-order valence-electron chi connectivity index (χ3n) is 9.88. The average molecular weight is 970 g/mol. The summed E-state index contributed by atoms with van der Waals surface area (Å²) in [6.07, 6.45) is 1.66. The quantitative estimate of drug-likeness (QED) is 0.0725. The number of nitrogens with zero attached hydrogens (tertiary/aromatic N) is 4. The molecule has 0 saturated carbocycles. The molecule has 2 aliphatic rings. The Kier molecular flexibility index (Phi) is 15.3. The molecule has 10 nitrogen and oxygen atoms in total. The van der Waals surface area contributed by atoms with Crippen LogP contribution in [-0.4, -0.2) is 92.2 Å². The number of anilines is 2. The van der Waals surface area contributed by atoms with Crippen LogP contribution in [0.1, 0.15) is 17.5 Å². The minimum absolute atomic E-state index is 0.202. The number of benzene rings is 4. The molecule has 0 aromatic heterocycles. The van der Waals surface area contributed by atoms with Crippen molar-refractivity contribution in [3.05, 3.63) is 114 Å². The van der Waals surface area contributed by atoms with E-state index < -0.39 is 25.8 Å². The Morgan fingerprint density at radius 3 is 1.93 bits per heavy atom. The second kappa shape index (κ2) is 20.0. The number of ether oxygens (including phenoxy) is 2. The van der Waals surface area contributed by atoms with Gasteiger partial charge in [0.1, 0.15) is 11.5 Å². The normalized spacial score (nSPS) is 15.7. The highest BCUT2D eigenvalue weighted by atomic mass is 35.6. The first-order chi connectivity index (χ1) is 28.6. The third kappa shape index (κ3) is 10.8. The number of nitrogens with one attached hydrogen (secondary N) is 2. The molecule has 2 unspecified atom stereocenters. The van der Waals surface area contributed by atoms with Gasteiger partial charge in [-0.3, -0.25) is 9.59 Å². The summed E-state index contributed by atoms with van der Waals surface area (Å²) < 4.78 is 7.72. The zero-order valence-corrected chi connectivity index (χ0v) is 38.5. The molecule has 2 aliphatic heterocycles. The number of alkyl halides is 6. The van der Waals surface area contributed by atoms with Gasteiger partial charge in [-0.25, -0.2) is 0 Å². The number of thiocarbonyl (C=S) groups is 2. The lowest BCUT2D eigenvalue weighted by atomic mass is 10.0. The summed E-state index contributed by atoms with van der Waals surface area (Å²) in [5.74, 6) is 0.411. The maximum atomic E-state index is 13.4. The zero-order chi connectivity index (χ0) is 43.2. The zero-order valence-electron chi connectivity index (χ0n) is 32.3. The summed E-state index contributed by atoms with van der Waals surface area (Å²) in [5, 5.41) is 6.43. The first-order valence-corrected chi connectivity index (χ1v) is 21.7. The van der Waals surface area contributed by atoms with Crippen molar-refractivity contribution < 1.29 is 19.1 Å². The fourth-order valence-corrected chi connectivity index (χ4v) is 8.84. The molecule has 2 fully saturated rings. The second-order valence-electron chi connectivity index (χ2n) is 13.7. The number of amides is 2. The third-order valence-corrected chi connectivity index (χ3v) is 12.0. The summed E-state index contributed by atoms with van der Waals surface area (Å²) >= 11 is 50.4. The summed E-state index contributed by atoms with van der Waals surface area (Å²) in [5.41, 5.74) is 4.76. The van der Waals surface area contributed by atoms with Crippen molar-refractivity contribution in [3.8, 4) is 22.6 Å². The molecule has 18 heteroatoms. The van der Waals surface area contributed by atoms with Crippen LogP contribution in [0.2, 0.25) is 0 Å². The van der Waals surface area contributed by atoms with E-state index in [0.717, 1.165) is 27.9 Å². The van der Waals surface area contributed by atoms with E-state index >= 15 is 0 Å². The van der Waals surface area contributed by atoms with E-state index in [1.54, 1.807) is 30.1 Å². The predicted molar refractivity (Wildman–Crippen MR) is 253 cm³/mol. The van der Waals surface area contributed by atoms with E-state index in [0.29, 0.717) is 60.0 Å². The predicted octanol–water partition coefficient (Wildman–Crippen LogP) is 9.16. The number of carbonyl (C=O) groups excluding carboxylic acids is 2. The highest BCUT2D eigenvalue weighted by molar-refractivity contribution is 7.80. The first kappa shape index (κ1) is 45.8. The smallest absolute Gasteiger partial charge is 0.245 e. The molecule has 2 heterocycles. The van der Waals surface area contributed by atoms with Crippen molar-refractivity contribution in [1.29, 1.82) is 0 Å². The number of hydrogen-bond donors (Lipinski definition) is 2. The molecule has 4 aromatic rings. The largest absolute Gasteiger partial charge is 0.495 e. The number of carbonyl (C=O) groups is 2. The number of halogens is 6. The fraction of sp³-hybridized carbons (Fsp3) is 0.286. The van der Waals surface area contributed by atoms with Crippen molar-refractivity contribution in [2.45, 2.75) is 32.8 Å². The lowest BCUT2D eigenvalue weighted by Gasteiger charge is -2.35. The van der Waals surface area contributed by atoms with Gasteiger partial charge in [-0.2, -0.15) is 0 Å².